The maximum absolute atomic E-state index is 11.4. The fourth-order valence-electron chi connectivity index (χ4n) is 2.21. The zero-order valence-electron chi connectivity index (χ0n) is 12.5. The molecule has 2 N–H and O–H groups in total. The van der Waals surface area contributed by atoms with Crippen molar-refractivity contribution in [3.05, 3.63) is 34.9 Å². The van der Waals surface area contributed by atoms with Crippen molar-refractivity contribution in [1.82, 2.24) is 0 Å². The molecule has 0 aliphatic carbocycles. The summed E-state index contributed by atoms with van der Waals surface area (Å²) < 4.78 is 16.0. The summed E-state index contributed by atoms with van der Waals surface area (Å²) in [4.78, 5) is 10.5. The van der Waals surface area contributed by atoms with E-state index in [9.17, 15) is 15.0 Å². The number of ether oxygens (including phenoxy) is 1. The Labute approximate surface area is 135 Å². The molecule has 0 amide bonds. The van der Waals surface area contributed by atoms with Crippen molar-refractivity contribution in [1.29, 1.82) is 0 Å². The Morgan fingerprint density at radius 2 is 1.96 bits per heavy atom. The third-order valence-electron chi connectivity index (χ3n) is 3.60. The van der Waals surface area contributed by atoms with Gasteiger partial charge >= 0.3 is 5.63 Å². The number of phenolic OH excluding ortho intramolecular Hbond substituents is 1. The third-order valence-corrected chi connectivity index (χ3v) is 3.85. The highest BCUT2D eigenvalue weighted by atomic mass is 35.5. The molecule has 6 nitrogen and oxygen atoms in total. The average Bonchev–Trinajstić information content (AvgIpc) is 2.96. The van der Waals surface area contributed by atoms with Crippen molar-refractivity contribution in [3.63, 3.8) is 0 Å². The van der Waals surface area contributed by atoms with Gasteiger partial charge in [0.25, 0.3) is 0 Å². The topological polar surface area (TPSA) is 93.0 Å². The first-order valence-corrected chi connectivity index (χ1v) is 7.32. The van der Waals surface area contributed by atoms with Gasteiger partial charge in [-0.1, -0.05) is 0 Å². The second kappa shape index (κ2) is 5.47. The number of benzene rings is 1. The second-order valence-corrected chi connectivity index (χ2v) is 6.70. The minimum Gasteiger partial charge on any atom is -0.502 e. The summed E-state index contributed by atoms with van der Waals surface area (Å²) in [7, 11) is 0. The minimum atomic E-state index is -0.925. The minimum absolute atomic E-state index is 0.0328. The standard InChI is InChI=1S/C16H15ClO6/c1-16(2,17)10(18)7-22-13-8-3-4-11(19)23-15(8)12(20)14-9(13)5-6-21-14/h3-6,10,18,20H,7H2,1-2H3/t10-/m1/s1. The Morgan fingerprint density at radius 1 is 1.26 bits per heavy atom. The molecule has 0 saturated carbocycles. The molecule has 0 saturated heterocycles. The first kappa shape index (κ1) is 15.7. The summed E-state index contributed by atoms with van der Waals surface area (Å²) in [6, 6.07) is 4.33. The monoisotopic (exact) mass is 338 g/mol. The number of aromatic hydroxyl groups is 1. The molecule has 1 atom stereocenters. The van der Waals surface area contributed by atoms with Crippen LogP contribution in [0.15, 0.2) is 38.1 Å². The maximum Gasteiger partial charge on any atom is 0.336 e. The van der Waals surface area contributed by atoms with Gasteiger partial charge in [-0.05, 0) is 26.0 Å². The van der Waals surface area contributed by atoms with E-state index in [1.54, 1.807) is 19.9 Å². The average molecular weight is 339 g/mol. The van der Waals surface area contributed by atoms with E-state index in [2.05, 4.69) is 0 Å². The smallest absolute Gasteiger partial charge is 0.336 e. The largest absolute Gasteiger partial charge is 0.502 e. The van der Waals surface area contributed by atoms with Crippen LogP contribution < -0.4 is 10.4 Å². The summed E-state index contributed by atoms with van der Waals surface area (Å²) >= 11 is 6.06. The molecule has 0 aliphatic rings. The molecule has 23 heavy (non-hydrogen) atoms. The number of furan rings is 1. The molecule has 1 aromatic carbocycles. The molecule has 7 heteroatoms. The lowest BCUT2D eigenvalue weighted by atomic mass is 10.1. The molecule has 3 rings (SSSR count). The molecule has 3 aromatic rings. The lowest BCUT2D eigenvalue weighted by Gasteiger charge is -2.23. The highest BCUT2D eigenvalue weighted by Crippen LogP contribution is 2.42. The van der Waals surface area contributed by atoms with E-state index in [0.717, 1.165) is 0 Å². The van der Waals surface area contributed by atoms with E-state index in [-0.39, 0.29) is 23.5 Å². The van der Waals surface area contributed by atoms with Gasteiger partial charge in [0.1, 0.15) is 18.5 Å². The van der Waals surface area contributed by atoms with Crippen LogP contribution in [0.25, 0.3) is 21.9 Å². The number of halogens is 1. The molecule has 0 fully saturated rings. The number of hydrogen-bond acceptors (Lipinski definition) is 6. The van der Waals surface area contributed by atoms with Gasteiger partial charge in [0.2, 0.25) is 5.75 Å². The molecule has 0 unspecified atom stereocenters. The lowest BCUT2D eigenvalue weighted by molar-refractivity contribution is 0.0820. The Kier molecular flexibility index (Phi) is 3.74. The number of alkyl halides is 1. The SMILES string of the molecule is CC(C)(Cl)[C@H](O)COc1c2ccoc2c(O)c2oc(=O)ccc12. The Bertz CT molecular complexity index is 918. The number of hydrogen-bond donors (Lipinski definition) is 2. The predicted molar refractivity (Wildman–Crippen MR) is 85.4 cm³/mol. The van der Waals surface area contributed by atoms with E-state index in [4.69, 9.17) is 25.2 Å². The Hall–Kier alpha value is -2.18. The summed E-state index contributed by atoms with van der Waals surface area (Å²) in [6.45, 7) is 3.27. The van der Waals surface area contributed by atoms with E-state index in [1.165, 1.54) is 18.4 Å². The summed E-state index contributed by atoms with van der Waals surface area (Å²) in [6.07, 6.45) is 0.460. The summed E-state index contributed by atoms with van der Waals surface area (Å²) in [5.74, 6) is 0.0635. The van der Waals surface area contributed by atoms with Crippen LogP contribution >= 0.6 is 11.6 Å². The first-order chi connectivity index (χ1) is 10.8. The fourth-order valence-corrected chi connectivity index (χ4v) is 2.27. The lowest BCUT2D eigenvalue weighted by Crippen LogP contribution is -2.35. The van der Waals surface area contributed by atoms with Crippen LogP contribution in [0.4, 0.5) is 0 Å². The van der Waals surface area contributed by atoms with Crippen molar-refractivity contribution < 1.29 is 23.8 Å². The van der Waals surface area contributed by atoms with Crippen molar-refractivity contribution in [2.45, 2.75) is 24.8 Å². The van der Waals surface area contributed by atoms with Crippen molar-refractivity contribution >= 4 is 33.5 Å². The molecule has 2 aromatic heterocycles. The first-order valence-electron chi connectivity index (χ1n) is 6.95. The molecule has 0 spiro atoms. The van der Waals surface area contributed by atoms with Gasteiger partial charge in [-0.3, -0.25) is 0 Å². The summed E-state index contributed by atoms with van der Waals surface area (Å²) in [5.41, 5.74) is -0.498. The maximum atomic E-state index is 11.4. The second-order valence-electron chi connectivity index (χ2n) is 5.73. The molecule has 0 bridgehead atoms. The number of rotatable bonds is 4. The van der Waals surface area contributed by atoms with Crippen molar-refractivity contribution in [2.75, 3.05) is 6.61 Å². The van der Waals surface area contributed by atoms with Crippen LogP contribution in [0.5, 0.6) is 11.5 Å². The highest BCUT2D eigenvalue weighted by molar-refractivity contribution is 6.23. The van der Waals surface area contributed by atoms with Gasteiger partial charge < -0.3 is 23.8 Å². The van der Waals surface area contributed by atoms with Crippen molar-refractivity contribution in [2.24, 2.45) is 0 Å². The summed E-state index contributed by atoms with van der Waals surface area (Å²) in [5, 5.41) is 21.1. The van der Waals surface area contributed by atoms with Crippen molar-refractivity contribution in [3.8, 4) is 11.5 Å². The molecule has 0 aliphatic heterocycles. The van der Waals surface area contributed by atoms with Crippen LogP contribution in [-0.4, -0.2) is 27.8 Å². The number of aliphatic hydroxyl groups excluding tert-OH is 1. The molecular weight excluding hydrogens is 324 g/mol. The highest BCUT2D eigenvalue weighted by Gasteiger charge is 2.27. The number of phenols is 1. The zero-order chi connectivity index (χ0) is 16.8. The van der Waals surface area contributed by atoms with Crippen LogP contribution in [0.3, 0.4) is 0 Å². The van der Waals surface area contributed by atoms with Gasteiger partial charge in [0, 0.05) is 6.07 Å². The van der Waals surface area contributed by atoms with E-state index in [1.807, 2.05) is 0 Å². The van der Waals surface area contributed by atoms with Gasteiger partial charge in [0.15, 0.2) is 11.2 Å². The van der Waals surface area contributed by atoms with Crippen LogP contribution in [0.1, 0.15) is 13.8 Å². The quantitative estimate of drug-likeness (QED) is 0.561. The van der Waals surface area contributed by atoms with Gasteiger partial charge in [-0.15, -0.1) is 11.6 Å². The van der Waals surface area contributed by atoms with Crippen LogP contribution in [0.2, 0.25) is 0 Å². The van der Waals surface area contributed by atoms with Crippen LogP contribution in [0, 0.1) is 0 Å². The molecule has 122 valence electrons. The fraction of sp³-hybridized carbons (Fsp3) is 0.312. The third kappa shape index (κ3) is 2.75. The molecule has 2 heterocycles. The normalized spacial score (nSPS) is 13.6. The van der Waals surface area contributed by atoms with Gasteiger partial charge in [0.05, 0.1) is 21.9 Å². The van der Waals surface area contributed by atoms with Gasteiger partial charge in [-0.2, -0.15) is 0 Å². The van der Waals surface area contributed by atoms with E-state index >= 15 is 0 Å². The van der Waals surface area contributed by atoms with Crippen LogP contribution in [-0.2, 0) is 0 Å². The number of aliphatic hydroxyl groups is 1. The zero-order valence-corrected chi connectivity index (χ0v) is 13.3. The number of fused-ring (bicyclic) bond motifs is 2. The van der Waals surface area contributed by atoms with E-state index < -0.39 is 16.6 Å². The Morgan fingerprint density at radius 3 is 2.65 bits per heavy atom. The predicted octanol–water partition coefficient (Wildman–Crippen LogP) is 3.00. The molecular formula is C16H15ClO6. The molecule has 0 radical (unpaired) electrons. The van der Waals surface area contributed by atoms with Gasteiger partial charge in [-0.25, -0.2) is 4.79 Å². The Balaban J connectivity index is 2.15. The van der Waals surface area contributed by atoms with E-state index in [0.29, 0.717) is 16.5 Å².